The van der Waals surface area contributed by atoms with Gasteiger partial charge < -0.3 is 10.1 Å². The summed E-state index contributed by atoms with van der Waals surface area (Å²) in [7, 11) is 0. The van der Waals surface area contributed by atoms with Gasteiger partial charge in [-0.1, -0.05) is 0 Å². The third-order valence-corrected chi connectivity index (χ3v) is 4.47. The molecule has 4 heteroatoms. The Bertz CT molecular complexity index is 422. The summed E-state index contributed by atoms with van der Waals surface area (Å²) in [4.78, 5) is 0. The van der Waals surface area contributed by atoms with Gasteiger partial charge in [-0.25, -0.2) is 0 Å². The maximum atomic E-state index is 5.59. The Morgan fingerprint density at radius 1 is 1.35 bits per heavy atom. The highest BCUT2D eigenvalue weighted by Crippen LogP contribution is 2.37. The molecule has 4 rings (SSSR count). The maximum absolute atomic E-state index is 5.59. The summed E-state index contributed by atoms with van der Waals surface area (Å²) in [6, 6.07) is 1.74. The van der Waals surface area contributed by atoms with Crippen LogP contribution < -0.4 is 5.32 Å². The first-order valence-electron chi connectivity index (χ1n) is 6.82. The smallest absolute Gasteiger partial charge is 0.0756 e. The van der Waals surface area contributed by atoms with Crippen molar-refractivity contribution in [2.45, 2.75) is 50.2 Å². The molecule has 0 aromatic carbocycles. The number of hydrogen-bond donors (Lipinski definition) is 1. The van der Waals surface area contributed by atoms with E-state index in [-0.39, 0.29) is 0 Å². The van der Waals surface area contributed by atoms with E-state index in [0.29, 0.717) is 18.1 Å². The van der Waals surface area contributed by atoms with Crippen LogP contribution in [-0.4, -0.2) is 29.0 Å². The normalized spacial score (nSPS) is 35.9. The van der Waals surface area contributed by atoms with Crippen molar-refractivity contribution in [2.75, 3.05) is 13.2 Å². The molecule has 1 aromatic rings. The fraction of sp³-hybridized carbons (Fsp3) is 0.769. The summed E-state index contributed by atoms with van der Waals surface area (Å²) in [5.41, 5.74) is 2.93. The van der Waals surface area contributed by atoms with Crippen molar-refractivity contribution < 1.29 is 4.74 Å². The first kappa shape index (κ1) is 10.1. The van der Waals surface area contributed by atoms with Crippen LogP contribution in [-0.2, 0) is 11.2 Å². The van der Waals surface area contributed by atoms with E-state index in [1.54, 1.807) is 0 Å². The maximum Gasteiger partial charge on any atom is 0.0756 e. The molecule has 92 valence electrons. The molecular weight excluding hydrogens is 214 g/mol. The van der Waals surface area contributed by atoms with Crippen LogP contribution in [0.1, 0.15) is 49.0 Å². The lowest BCUT2D eigenvalue weighted by Crippen LogP contribution is -2.34. The predicted molar refractivity (Wildman–Crippen MR) is 63.9 cm³/mol. The van der Waals surface area contributed by atoms with E-state index in [1.807, 2.05) is 0 Å². The summed E-state index contributed by atoms with van der Waals surface area (Å²) in [5.74, 6) is 0. The van der Waals surface area contributed by atoms with Crippen molar-refractivity contribution in [1.29, 1.82) is 0 Å². The highest BCUT2D eigenvalue weighted by Gasteiger charge is 2.35. The van der Waals surface area contributed by atoms with Crippen LogP contribution in [0, 0.1) is 0 Å². The second-order valence-electron chi connectivity index (χ2n) is 5.56. The van der Waals surface area contributed by atoms with Crippen LogP contribution >= 0.6 is 0 Å². The van der Waals surface area contributed by atoms with Gasteiger partial charge in [0.05, 0.1) is 18.8 Å². The molecule has 0 amide bonds. The number of hydrogen-bond acceptors (Lipinski definition) is 3. The minimum Gasteiger partial charge on any atom is -0.379 e. The summed E-state index contributed by atoms with van der Waals surface area (Å²) >= 11 is 0. The van der Waals surface area contributed by atoms with Crippen LogP contribution in [0.3, 0.4) is 0 Å². The summed E-state index contributed by atoms with van der Waals surface area (Å²) in [6.45, 7) is 1.77. The third kappa shape index (κ3) is 1.54. The number of nitrogens with zero attached hydrogens (tertiary/aromatic N) is 2. The molecule has 4 nitrogen and oxygen atoms in total. The standard InChI is InChI=1S/C13H19N3O/c1-2-10(8-17-5-1)16-13-6-9-3-4-12(15-9)11(13)7-14-16/h7,9-10,12,15H,1-6,8H2. The second-order valence-corrected chi connectivity index (χ2v) is 5.56. The highest BCUT2D eigenvalue weighted by molar-refractivity contribution is 5.29. The molecule has 1 N–H and O–H groups in total. The predicted octanol–water partition coefficient (Wildman–Crippen LogP) is 1.58. The van der Waals surface area contributed by atoms with Crippen molar-refractivity contribution in [3.8, 4) is 0 Å². The lowest BCUT2D eigenvalue weighted by Gasteiger charge is -2.28. The van der Waals surface area contributed by atoms with Gasteiger partial charge in [-0.15, -0.1) is 0 Å². The Morgan fingerprint density at radius 2 is 2.35 bits per heavy atom. The summed E-state index contributed by atoms with van der Waals surface area (Å²) in [6.07, 6.45) is 8.23. The highest BCUT2D eigenvalue weighted by atomic mass is 16.5. The van der Waals surface area contributed by atoms with Crippen LogP contribution in [0.2, 0.25) is 0 Å². The van der Waals surface area contributed by atoms with Gasteiger partial charge in [-0.2, -0.15) is 5.10 Å². The molecule has 17 heavy (non-hydrogen) atoms. The lowest BCUT2D eigenvalue weighted by molar-refractivity contribution is 0.0536. The van der Waals surface area contributed by atoms with Gasteiger partial charge in [0.1, 0.15) is 0 Å². The minimum atomic E-state index is 0.477. The SMILES string of the molecule is c1nn(C2CCCOC2)c2c1C1CCC(C2)N1. The number of nitrogens with one attached hydrogen (secondary N) is 1. The Balaban J connectivity index is 1.69. The van der Waals surface area contributed by atoms with Gasteiger partial charge in [0.25, 0.3) is 0 Å². The van der Waals surface area contributed by atoms with E-state index in [1.165, 1.54) is 36.9 Å². The largest absolute Gasteiger partial charge is 0.379 e. The Kier molecular flexibility index (Phi) is 2.27. The molecule has 2 bridgehead atoms. The fourth-order valence-corrected chi connectivity index (χ4v) is 3.59. The molecule has 0 spiro atoms. The summed E-state index contributed by atoms with van der Waals surface area (Å²) < 4.78 is 7.85. The Morgan fingerprint density at radius 3 is 3.24 bits per heavy atom. The van der Waals surface area contributed by atoms with Crippen molar-refractivity contribution in [2.24, 2.45) is 0 Å². The molecule has 1 aromatic heterocycles. The van der Waals surface area contributed by atoms with Gasteiger partial charge in [-0.05, 0) is 25.7 Å². The van der Waals surface area contributed by atoms with Gasteiger partial charge in [-0.3, -0.25) is 4.68 Å². The van der Waals surface area contributed by atoms with Gasteiger partial charge >= 0.3 is 0 Å². The van der Waals surface area contributed by atoms with Crippen molar-refractivity contribution in [3.63, 3.8) is 0 Å². The van der Waals surface area contributed by atoms with Crippen molar-refractivity contribution in [1.82, 2.24) is 15.1 Å². The molecular formula is C13H19N3O. The van der Waals surface area contributed by atoms with Crippen LogP contribution in [0.25, 0.3) is 0 Å². The molecule has 0 saturated carbocycles. The molecule has 2 saturated heterocycles. The van der Waals surface area contributed by atoms with E-state index >= 15 is 0 Å². The van der Waals surface area contributed by atoms with E-state index in [4.69, 9.17) is 4.74 Å². The molecule has 3 aliphatic heterocycles. The monoisotopic (exact) mass is 233 g/mol. The summed E-state index contributed by atoms with van der Waals surface area (Å²) in [5, 5.41) is 8.32. The number of aromatic nitrogens is 2. The zero-order valence-corrected chi connectivity index (χ0v) is 10.1. The van der Waals surface area contributed by atoms with Crippen LogP contribution in [0.5, 0.6) is 0 Å². The van der Waals surface area contributed by atoms with Crippen LogP contribution in [0.15, 0.2) is 6.20 Å². The number of ether oxygens (including phenoxy) is 1. The van der Waals surface area contributed by atoms with Gasteiger partial charge in [0.15, 0.2) is 0 Å². The van der Waals surface area contributed by atoms with E-state index in [2.05, 4.69) is 21.3 Å². The Labute approximate surface area is 101 Å². The minimum absolute atomic E-state index is 0.477. The van der Waals surface area contributed by atoms with Gasteiger partial charge in [0, 0.05) is 36.4 Å². The van der Waals surface area contributed by atoms with Crippen molar-refractivity contribution in [3.05, 3.63) is 17.5 Å². The average molecular weight is 233 g/mol. The zero-order chi connectivity index (χ0) is 11.2. The molecule has 3 unspecified atom stereocenters. The molecule has 0 aliphatic carbocycles. The molecule has 3 aliphatic rings. The molecule has 3 atom stereocenters. The number of fused-ring (bicyclic) bond motifs is 4. The quantitative estimate of drug-likeness (QED) is 0.800. The third-order valence-electron chi connectivity index (χ3n) is 4.47. The van der Waals surface area contributed by atoms with E-state index in [0.717, 1.165) is 19.6 Å². The van der Waals surface area contributed by atoms with E-state index < -0.39 is 0 Å². The first-order chi connectivity index (χ1) is 8.42. The Hall–Kier alpha value is -0.870. The van der Waals surface area contributed by atoms with Crippen LogP contribution in [0.4, 0.5) is 0 Å². The molecule has 2 fully saturated rings. The first-order valence-corrected chi connectivity index (χ1v) is 6.82. The number of rotatable bonds is 1. The second kappa shape index (κ2) is 3.82. The lowest BCUT2D eigenvalue weighted by atomic mass is 10.0. The van der Waals surface area contributed by atoms with Crippen molar-refractivity contribution >= 4 is 0 Å². The topological polar surface area (TPSA) is 39.1 Å². The zero-order valence-electron chi connectivity index (χ0n) is 10.1. The fourth-order valence-electron chi connectivity index (χ4n) is 3.59. The van der Waals surface area contributed by atoms with E-state index in [9.17, 15) is 0 Å². The molecule has 0 radical (unpaired) electrons. The van der Waals surface area contributed by atoms with Gasteiger partial charge in [0.2, 0.25) is 0 Å². The molecule has 4 heterocycles. The average Bonchev–Trinajstić information content (AvgIpc) is 2.96.